The molecule has 0 aliphatic carbocycles. The zero-order valence-corrected chi connectivity index (χ0v) is 10.9. The number of nitrogens with one attached hydrogen (secondary N) is 2. The molecule has 0 fully saturated rings. The number of anilines is 2. The van der Waals surface area contributed by atoms with Crippen LogP contribution in [0.2, 0.25) is 0 Å². The summed E-state index contributed by atoms with van der Waals surface area (Å²) in [6.07, 6.45) is 1.43. The highest BCUT2D eigenvalue weighted by atomic mass is 16.5. The third-order valence-corrected chi connectivity index (χ3v) is 2.42. The number of rotatable bonds is 5. The van der Waals surface area contributed by atoms with E-state index in [1.165, 1.54) is 13.4 Å². The lowest BCUT2D eigenvalue weighted by Crippen LogP contribution is -2.17. The van der Waals surface area contributed by atoms with Gasteiger partial charge >= 0.3 is 0 Å². The fourth-order valence-electron chi connectivity index (χ4n) is 1.60. The number of carbonyl (C=O) groups is 2. The molecule has 6 nitrogen and oxygen atoms in total. The SMILES string of the molecule is COCC(=O)Nc1cccc(NC(=O)c2ccco2)c1. The third kappa shape index (κ3) is 3.69. The molecule has 0 aliphatic heterocycles. The van der Waals surface area contributed by atoms with Gasteiger partial charge in [0.25, 0.3) is 5.91 Å². The van der Waals surface area contributed by atoms with Crippen molar-refractivity contribution in [1.29, 1.82) is 0 Å². The first-order valence-electron chi connectivity index (χ1n) is 5.93. The fourth-order valence-corrected chi connectivity index (χ4v) is 1.60. The third-order valence-electron chi connectivity index (χ3n) is 2.42. The van der Waals surface area contributed by atoms with Gasteiger partial charge in [-0.1, -0.05) is 6.07 Å². The lowest BCUT2D eigenvalue weighted by atomic mass is 10.2. The van der Waals surface area contributed by atoms with Crippen LogP contribution in [0.15, 0.2) is 47.1 Å². The maximum absolute atomic E-state index is 11.8. The number of hydrogen-bond acceptors (Lipinski definition) is 4. The predicted molar refractivity (Wildman–Crippen MR) is 73.6 cm³/mol. The Bertz CT molecular complexity index is 593. The molecule has 1 heterocycles. The first-order valence-corrected chi connectivity index (χ1v) is 5.93. The molecule has 0 aliphatic rings. The van der Waals surface area contributed by atoms with Crippen LogP contribution < -0.4 is 10.6 Å². The molecule has 0 atom stereocenters. The van der Waals surface area contributed by atoms with E-state index in [2.05, 4.69) is 10.6 Å². The Morgan fingerprint density at radius 2 is 1.90 bits per heavy atom. The van der Waals surface area contributed by atoms with Gasteiger partial charge in [0.15, 0.2) is 5.76 Å². The van der Waals surface area contributed by atoms with Gasteiger partial charge in [0, 0.05) is 18.5 Å². The Kier molecular flexibility index (Phi) is 4.52. The van der Waals surface area contributed by atoms with Crippen LogP contribution in [0.4, 0.5) is 11.4 Å². The molecule has 1 aromatic carbocycles. The van der Waals surface area contributed by atoms with Gasteiger partial charge in [-0.25, -0.2) is 0 Å². The molecule has 104 valence electrons. The summed E-state index contributed by atoms with van der Waals surface area (Å²) in [6.45, 7) is -0.0248. The van der Waals surface area contributed by atoms with Crippen LogP contribution in [0.1, 0.15) is 10.6 Å². The number of hydrogen-bond donors (Lipinski definition) is 2. The minimum atomic E-state index is -0.352. The molecule has 0 bridgehead atoms. The maximum atomic E-state index is 11.8. The van der Waals surface area contributed by atoms with Crippen molar-refractivity contribution in [2.45, 2.75) is 0 Å². The second-order valence-electron chi connectivity index (χ2n) is 3.99. The summed E-state index contributed by atoms with van der Waals surface area (Å²) in [5.74, 6) is -0.392. The topological polar surface area (TPSA) is 80.6 Å². The smallest absolute Gasteiger partial charge is 0.291 e. The number of carbonyl (C=O) groups excluding carboxylic acids is 2. The molecule has 2 rings (SSSR count). The molecule has 1 aromatic heterocycles. The quantitative estimate of drug-likeness (QED) is 0.875. The second-order valence-corrected chi connectivity index (χ2v) is 3.99. The Morgan fingerprint density at radius 1 is 1.15 bits per heavy atom. The summed E-state index contributed by atoms with van der Waals surface area (Å²) >= 11 is 0. The molecular weight excluding hydrogens is 260 g/mol. The monoisotopic (exact) mass is 274 g/mol. The highest BCUT2D eigenvalue weighted by Gasteiger charge is 2.09. The Labute approximate surface area is 115 Å². The van der Waals surface area contributed by atoms with Crippen molar-refractivity contribution < 1.29 is 18.7 Å². The average molecular weight is 274 g/mol. The summed E-state index contributed by atoms with van der Waals surface area (Å²) in [5.41, 5.74) is 1.13. The molecule has 0 saturated heterocycles. The van der Waals surface area contributed by atoms with Crippen molar-refractivity contribution in [2.75, 3.05) is 24.4 Å². The number of amides is 2. The van der Waals surface area contributed by atoms with E-state index in [1.807, 2.05) is 0 Å². The zero-order chi connectivity index (χ0) is 14.4. The Hall–Kier alpha value is -2.60. The van der Waals surface area contributed by atoms with Crippen LogP contribution in [0.5, 0.6) is 0 Å². The number of furan rings is 1. The van der Waals surface area contributed by atoms with Crippen molar-refractivity contribution in [2.24, 2.45) is 0 Å². The lowest BCUT2D eigenvalue weighted by molar-refractivity contribution is -0.119. The first kappa shape index (κ1) is 13.8. The van der Waals surface area contributed by atoms with Gasteiger partial charge in [-0.05, 0) is 30.3 Å². The van der Waals surface area contributed by atoms with Gasteiger partial charge in [-0.3, -0.25) is 9.59 Å². The molecule has 0 spiro atoms. The van der Waals surface area contributed by atoms with Gasteiger partial charge in [0.05, 0.1) is 6.26 Å². The van der Waals surface area contributed by atoms with Crippen LogP contribution in [-0.2, 0) is 9.53 Å². The van der Waals surface area contributed by atoms with Crippen molar-refractivity contribution in [3.63, 3.8) is 0 Å². The number of methoxy groups -OCH3 is 1. The fraction of sp³-hybridized carbons (Fsp3) is 0.143. The molecule has 0 radical (unpaired) electrons. The van der Waals surface area contributed by atoms with E-state index in [0.717, 1.165) is 0 Å². The van der Waals surface area contributed by atoms with Gasteiger partial charge in [-0.2, -0.15) is 0 Å². The molecule has 20 heavy (non-hydrogen) atoms. The van der Waals surface area contributed by atoms with Crippen molar-refractivity contribution in [1.82, 2.24) is 0 Å². The van der Waals surface area contributed by atoms with E-state index in [-0.39, 0.29) is 24.2 Å². The van der Waals surface area contributed by atoms with Crippen molar-refractivity contribution in [3.05, 3.63) is 48.4 Å². The summed E-state index contributed by atoms with van der Waals surface area (Å²) in [5, 5.41) is 5.33. The van der Waals surface area contributed by atoms with Gasteiger partial charge in [0.1, 0.15) is 6.61 Å². The minimum Gasteiger partial charge on any atom is -0.459 e. The summed E-state index contributed by atoms with van der Waals surface area (Å²) in [4.78, 5) is 23.2. The second kappa shape index (κ2) is 6.53. The van der Waals surface area contributed by atoms with E-state index in [0.29, 0.717) is 11.4 Å². The minimum absolute atomic E-state index is 0.0248. The van der Waals surface area contributed by atoms with Gasteiger partial charge in [-0.15, -0.1) is 0 Å². The van der Waals surface area contributed by atoms with E-state index in [4.69, 9.17) is 9.15 Å². The zero-order valence-electron chi connectivity index (χ0n) is 10.9. The van der Waals surface area contributed by atoms with E-state index in [9.17, 15) is 9.59 Å². The molecule has 0 saturated carbocycles. The maximum Gasteiger partial charge on any atom is 0.291 e. The van der Waals surface area contributed by atoms with E-state index < -0.39 is 0 Å². The van der Waals surface area contributed by atoms with Crippen LogP contribution >= 0.6 is 0 Å². The predicted octanol–water partition coefficient (Wildman–Crippen LogP) is 2.12. The Balaban J connectivity index is 2.02. The molecule has 6 heteroatoms. The largest absolute Gasteiger partial charge is 0.459 e. The number of ether oxygens (including phenoxy) is 1. The summed E-state index contributed by atoms with van der Waals surface area (Å²) in [7, 11) is 1.44. The lowest BCUT2D eigenvalue weighted by Gasteiger charge is -2.07. The number of benzene rings is 1. The van der Waals surface area contributed by atoms with Gasteiger partial charge in [0.2, 0.25) is 5.91 Å². The van der Waals surface area contributed by atoms with E-state index >= 15 is 0 Å². The molecule has 2 amide bonds. The van der Waals surface area contributed by atoms with Crippen molar-refractivity contribution >= 4 is 23.2 Å². The van der Waals surface area contributed by atoms with E-state index in [1.54, 1.807) is 36.4 Å². The van der Waals surface area contributed by atoms with Crippen LogP contribution in [0, 0.1) is 0 Å². The normalized spacial score (nSPS) is 10.1. The van der Waals surface area contributed by atoms with Crippen molar-refractivity contribution in [3.8, 4) is 0 Å². The highest BCUT2D eigenvalue weighted by molar-refractivity contribution is 6.02. The highest BCUT2D eigenvalue weighted by Crippen LogP contribution is 2.16. The molecule has 0 unspecified atom stereocenters. The molecular formula is C14H14N2O4. The van der Waals surface area contributed by atoms with Crippen LogP contribution in [-0.4, -0.2) is 25.5 Å². The van der Waals surface area contributed by atoms with Crippen LogP contribution in [0.25, 0.3) is 0 Å². The first-order chi connectivity index (χ1) is 9.69. The summed E-state index contributed by atoms with van der Waals surface area (Å²) < 4.78 is 9.72. The van der Waals surface area contributed by atoms with Gasteiger partial charge < -0.3 is 19.8 Å². The molecule has 2 N–H and O–H groups in total. The Morgan fingerprint density at radius 3 is 2.55 bits per heavy atom. The summed E-state index contributed by atoms with van der Waals surface area (Å²) in [6, 6.07) is 10.0. The molecule has 2 aromatic rings. The van der Waals surface area contributed by atoms with Crippen LogP contribution in [0.3, 0.4) is 0 Å². The average Bonchev–Trinajstić information content (AvgIpc) is 2.93. The standard InChI is InChI=1S/C14H14N2O4/c1-19-9-13(17)15-10-4-2-5-11(8-10)16-14(18)12-6-3-7-20-12/h2-8H,9H2,1H3,(H,15,17)(H,16,18).